The number of hydrogen-bond acceptors (Lipinski definition) is 3. The van der Waals surface area contributed by atoms with E-state index in [-0.39, 0.29) is 24.3 Å². The monoisotopic (exact) mass is 367 g/mol. The molecule has 2 aromatic rings. The topological polar surface area (TPSA) is 61.4 Å². The van der Waals surface area contributed by atoms with E-state index in [1.54, 1.807) is 0 Å². The van der Waals surface area contributed by atoms with E-state index < -0.39 is 0 Å². The van der Waals surface area contributed by atoms with Crippen LogP contribution in [-0.2, 0) is 9.59 Å². The molecule has 5 heteroatoms. The van der Waals surface area contributed by atoms with Crippen molar-refractivity contribution in [1.29, 1.82) is 0 Å². The van der Waals surface area contributed by atoms with Crippen molar-refractivity contribution in [2.24, 2.45) is 0 Å². The van der Waals surface area contributed by atoms with Crippen LogP contribution in [0.2, 0.25) is 0 Å². The summed E-state index contributed by atoms with van der Waals surface area (Å²) in [7, 11) is 0. The summed E-state index contributed by atoms with van der Waals surface area (Å²) < 4.78 is 0. The Morgan fingerprint density at radius 2 is 1.63 bits per heavy atom. The summed E-state index contributed by atoms with van der Waals surface area (Å²) in [5.74, 6) is -0.196. The molecule has 0 aliphatic carbocycles. The van der Waals surface area contributed by atoms with E-state index in [2.05, 4.69) is 34.6 Å². The molecule has 0 heterocycles. The number of amides is 2. The van der Waals surface area contributed by atoms with Gasteiger partial charge in [0.25, 0.3) is 0 Å². The summed E-state index contributed by atoms with van der Waals surface area (Å²) in [4.78, 5) is 26.1. The van der Waals surface area contributed by atoms with E-state index in [4.69, 9.17) is 0 Å². The fourth-order valence-corrected chi connectivity index (χ4v) is 3.05. The maximum atomic E-state index is 12.3. The molecule has 0 radical (unpaired) electrons. The number of carbonyl (C=O) groups excluding carboxylic acids is 2. The largest absolute Gasteiger partial charge is 0.372 e. The van der Waals surface area contributed by atoms with Gasteiger partial charge in [0.1, 0.15) is 0 Å². The van der Waals surface area contributed by atoms with Gasteiger partial charge < -0.3 is 15.5 Å². The summed E-state index contributed by atoms with van der Waals surface area (Å²) in [6, 6.07) is 19.5. The van der Waals surface area contributed by atoms with Crippen molar-refractivity contribution in [3.8, 4) is 0 Å². The molecule has 0 aliphatic rings. The van der Waals surface area contributed by atoms with Crippen LogP contribution in [0.25, 0.3) is 0 Å². The smallest absolute Gasteiger partial charge is 0.222 e. The van der Waals surface area contributed by atoms with Crippen molar-refractivity contribution in [3.05, 3.63) is 66.2 Å². The highest BCUT2D eigenvalue weighted by atomic mass is 16.2. The molecular weight excluding hydrogens is 338 g/mol. The predicted molar refractivity (Wildman–Crippen MR) is 110 cm³/mol. The number of carbonyl (C=O) groups is 2. The third kappa shape index (κ3) is 7.13. The van der Waals surface area contributed by atoms with Gasteiger partial charge in [-0.05, 0) is 31.0 Å². The SMILES string of the molecule is CCN(CCCNC(=O)CC(NC(C)=O)c1ccccc1)c1ccccc1. The van der Waals surface area contributed by atoms with Crippen LogP contribution in [-0.4, -0.2) is 31.4 Å². The number of nitrogens with zero attached hydrogens (tertiary/aromatic N) is 1. The summed E-state index contributed by atoms with van der Waals surface area (Å²) in [5, 5.41) is 5.83. The molecule has 0 bridgehead atoms. The van der Waals surface area contributed by atoms with Crippen LogP contribution in [0.3, 0.4) is 0 Å². The lowest BCUT2D eigenvalue weighted by Crippen LogP contribution is -2.34. The lowest BCUT2D eigenvalue weighted by molar-refractivity contribution is -0.122. The summed E-state index contributed by atoms with van der Waals surface area (Å²) in [6.45, 7) is 6.02. The third-order valence-electron chi connectivity index (χ3n) is 4.40. The van der Waals surface area contributed by atoms with Crippen LogP contribution >= 0.6 is 0 Å². The molecular formula is C22H29N3O2. The molecule has 0 spiro atoms. The lowest BCUT2D eigenvalue weighted by Gasteiger charge is -2.23. The number of para-hydroxylation sites is 1. The zero-order valence-corrected chi connectivity index (χ0v) is 16.2. The summed E-state index contributed by atoms with van der Waals surface area (Å²) in [5.41, 5.74) is 2.13. The predicted octanol–water partition coefficient (Wildman–Crippen LogP) is 3.29. The van der Waals surface area contributed by atoms with Gasteiger partial charge >= 0.3 is 0 Å². The first kappa shape index (κ1) is 20.5. The van der Waals surface area contributed by atoms with Crippen molar-refractivity contribution in [2.45, 2.75) is 32.7 Å². The molecule has 144 valence electrons. The van der Waals surface area contributed by atoms with Crippen molar-refractivity contribution in [3.63, 3.8) is 0 Å². The normalized spacial score (nSPS) is 11.5. The Bertz CT molecular complexity index is 704. The molecule has 1 atom stereocenters. The quantitative estimate of drug-likeness (QED) is 0.634. The Labute approximate surface area is 161 Å². The van der Waals surface area contributed by atoms with Crippen molar-refractivity contribution in [1.82, 2.24) is 10.6 Å². The Morgan fingerprint density at radius 1 is 1.00 bits per heavy atom. The molecule has 0 saturated heterocycles. The Morgan fingerprint density at radius 3 is 2.22 bits per heavy atom. The van der Waals surface area contributed by atoms with Gasteiger partial charge in [0, 0.05) is 32.2 Å². The highest BCUT2D eigenvalue weighted by Crippen LogP contribution is 2.16. The first-order valence-corrected chi connectivity index (χ1v) is 9.49. The van der Waals surface area contributed by atoms with E-state index >= 15 is 0 Å². The first-order valence-electron chi connectivity index (χ1n) is 9.49. The van der Waals surface area contributed by atoms with Crippen LogP contribution in [0.5, 0.6) is 0 Å². The molecule has 1 unspecified atom stereocenters. The molecule has 5 nitrogen and oxygen atoms in total. The minimum Gasteiger partial charge on any atom is -0.372 e. The zero-order chi connectivity index (χ0) is 19.5. The number of rotatable bonds is 10. The van der Waals surface area contributed by atoms with E-state index in [1.165, 1.54) is 12.6 Å². The average molecular weight is 367 g/mol. The second-order valence-corrected chi connectivity index (χ2v) is 6.49. The van der Waals surface area contributed by atoms with E-state index in [0.717, 1.165) is 25.1 Å². The van der Waals surface area contributed by atoms with Crippen LogP contribution in [0.4, 0.5) is 5.69 Å². The van der Waals surface area contributed by atoms with Crippen molar-refractivity contribution in [2.75, 3.05) is 24.5 Å². The fraction of sp³-hybridized carbons (Fsp3) is 0.364. The van der Waals surface area contributed by atoms with Crippen LogP contribution in [0.1, 0.15) is 38.3 Å². The van der Waals surface area contributed by atoms with Crippen molar-refractivity contribution >= 4 is 17.5 Å². The number of hydrogen-bond donors (Lipinski definition) is 2. The highest BCUT2D eigenvalue weighted by molar-refractivity contribution is 5.79. The zero-order valence-electron chi connectivity index (χ0n) is 16.2. The maximum absolute atomic E-state index is 12.3. The fourth-order valence-electron chi connectivity index (χ4n) is 3.05. The van der Waals surface area contributed by atoms with Gasteiger partial charge in [0.05, 0.1) is 12.5 Å². The molecule has 2 rings (SSSR count). The minimum absolute atomic E-state index is 0.0552. The van der Waals surface area contributed by atoms with E-state index in [0.29, 0.717) is 6.54 Å². The maximum Gasteiger partial charge on any atom is 0.222 e. The second kappa shape index (κ2) is 11.0. The molecule has 27 heavy (non-hydrogen) atoms. The van der Waals surface area contributed by atoms with E-state index in [1.807, 2.05) is 48.5 Å². The molecule has 0 saturated carbocycles. The van der Waals surface area contributed by atoms with Gasteiger partial charge in [-0.15, -0.1) is 0 Å². The molecule has 2 aromatic carbocycles. The van der Waals surface area contributed by atoms with Crippen LogP contribution in [0.15, 0.2) is 60.7 Å². The average Bonchev–Trinajstić information content (AvgIpc) is 2.68. The minimum atomic E-state index is -0.305. The van der Waals surface area contributed by atoms with Gasteiger partial charge in [0.2, 0.25) is 11.8 Å². The van der Waals surface area contributed by atoms with Crippen LogP contribution in [0, 0.1) is 0 Å². The van der Waals surface area contributed by atoms with E-state index in [9.17, 15) is 9.59 Å². The Hall–Kier alpha value is -2.82. The van der Waals surface area contributed by atoms with Crippen molar-refractivity contribution < 1.29 is 9.59 Å². The summed E-state index contributed by atoms with van der Waals surface area (Å²) >= 11 is 0. The number of nitrogens with one attached hydrogen (secondary N) is 2. The van der Waals surface area contributed by atoms with Gasteiger partial charge in [-0.25, -0.2) is 0 Å². The summed E-state index contributed by atoms with van der Waals surface area (Å²) in [6.07, 6.45) is 1.10. The Kier molecular flexibility index (Phi) is 8.36. The number of anilines is 1. The number of benzene rings is 2. The standard InChI is InChI=1S/C22H29N3O2/c1-3-25(20-13-8-5-9-14-20)16-10-15-23-22(27)17-21(24-18(2)26)19-11-6-4-7-12-19/h4-9,11-14,21H,3,10,15-17H2,1-2H3,(H,23,27)(H,24,26). The van der Waals surface area contributed by atoms with Gasteiger partial charge in [-0.1, -0.05) is 48.5 Å². The van der Waals surface area contributed by atoms with Gasteiger partial charge in [-0.3, -0.25) is 9.59 Å². The molecule has 0 fully saturated rings. The Balaban J connectivity index is 1.79. The lowest BCUT2D eigenvalue weighted by atomic mass is 10.0. The van der Waals surface area contributed by atoms with Crippen LogP contribution < -0.4 is 15.5 Å². The molecule has 2 N–H and O–H groups in total. The third-order valence-corrected chi connectivity index (χ3v) is 4.40. The first-order chi connectivity index (χ1) is 13.1. The highest BCUT2D eigenvalue weighted by Gasteiger charge is 2.16. The van der Waals surface area contributed by atoms with Gasteiger partial charge in [0.15, 0.2) is 0 Å². The molecule has 2 amide bonds. The molecule has 0 aliphatic heterocycles. The second-order valence-electron chi connectivity index (χ2n) is 6.49. The molecule has 0 aromatic heterocycles. The van der Waals surface area contributed by atoms with Gasteiger partial charge in [-0.2, -0.15) is 0 Å².